The molecule has 35 heavy (non-hydrogen) atoms. The molecule has 0 aliphatic carbocycles. The van der Waals surface area contributed by atoms with Gasteiger partial charge in [0, 0.05) is 11.6 Å². The molecular weight excluding hydrogens is 434 g/mol. The van der Waals surface area contributed by atoms with Crippen LogP contribution in [0.1, 0.15) is 43.2 Å². The lowest BCUT2D eigenvalue weighted by molar-refractivity contribution is 0.302. The van der Waals surface area contributed by atoms with Crippen molar-refractivity contribution in [3.8, 4) is 28.4 Å². The molecule has 5 rings (SSSR count). The Balaban J connectivity index is 1.31. The summed E-state index contributed by atoms with van der Waals surface area (Å²) in [6, 6.07) is 26.0. The number of hydrogen-bond acceptors (Lipinski definition) is 4. The van der Waals surface area contributed by atoms with E-state index in [-0.39, 0.29) is 11.5 Å². The Morgan fingerprint density at radius 3 is 2.46 bits per heavy atom. The zero-order valence-electron chi connectivity index (χ0n) is 20.0. The van der Waals surface area contributed by atoms with E-state index in [1.54, 1.807) is 12.1 Å². The van der Waals surface area contributed by atoms with E-state index in [9.17, 15) is 10.2 Å². The van der Waals surface area contributed by atoms with Gasteiger partial charge in [-0.1, -0.05) is 48.5 Å². The van der Waals surface area contributed by atoms with E-state index >= 15 is 0 Å². The minimum Gasteiger partial charge on any atom is -0.508 e. The molecule has 0 amide bonds. The van der Waals surface area contributed by atoms with Gasteiger partial charge in [0.1, 0.15) is 17.2 Å². The number of nitrogens with one attached hydrogen (secondary N) is 1. The summed E-state index contributed by atoms with van der Waals surface area (Å²) in [6.07, 6.45) is 6.81. The van der Waals surface area contributed by atoms with Crippen molar-refractivity contribution in [1.29, 1.82) is 0 Å². The van der Waals surface area contributed by atoms with E-state index in [4.69, 9.17) is 4.74 Å². The van der Waals surface area contributed by atoms with Crippen molar-refractivity contribution in [3.05, 3.63) is 90.0 Å². The molecule has 4 aromatic carbocycles. The summed E-state index contributed by atoms with van der Waals surface area (Å²) in [5.41, 5.74) is 3.91. The summed E-state index contributed by atoms with van der Waals surface area (Å²) in [7, 11) is 0. The fourth-order valence-corrected chi connectivity index (χ4v) is 5.13. The monoisotopic (exact) mass is 467 g/mol. The quantitative estimate of drug-likeness (QED) is 0.237. The number of unbranched alkanes of at least 4 members (excludes halogenated alkanes) is 1. The topological polar surface area (TPSA) is 61.7 Å². The maximum Gasteiger partial charge on any atom is 0.124 e. The van der Waals surface area contributed by atoms with Gasteiger partial charge >= 0.3 is 0 Å². The van der Waals surface area contributed by atoms with Gasteiger partial charge < -0.3 is 20.3 Å². The van der Waals surface area contributed by atoms with Crippen molar-refractivity contribution in [2.24, 2.45) is 0 Å². The van der Waals surface area contributed by atoms with E-state index in [0.29, 0.717) is 12.5 Å². The normalized spacial score (nSPS) is 15.5. The molecule has 0 aromatic heterocycles. The minimum atomic E-state index is 0.210. The summed E-state index contributed by atoms with van der Waals surface area (Å²) in [4.78, 5) is 0. The minimum absolute atomic E-state index is 0.210. The van der Waals surface area contributed by atoms with Crippen LogP contribution in [0.5, 0.6) is 17.2 Å². The van der Waals surface area contributed by atoms with Crippen LogP contribution in [-0.4, -0.2) is 29.4 Å². The van der Waals surface area contributed by atoms with Gasteiger partial charge in [-0.2, -0.15) is 0 Å². The zero-order chi connectivity index (χ0) is 24.0. The molecule has 1 aliphatic rings. The third-order valence-electron chi connectivity index (χ3n) is 6.97. The number of ether oxygens (including phenoxy) is 1. The van der Waals surface area contributed by atoms with Crippen LogP contribution in [0.3, 0.4) is 0 Å². The molecule has 1 fully saturated rings. The third-order valence-corrected chi connectivity index (χ3v) is 6.97. The Morgan fingerprint density at radius 2 is 1.69 bits per heavy atom. The second-order valence-corrected chi connectivity index (χ2v) is 9.48. The molecule has 4 heteroatoms. The molecule has 1 heterocycles. The molecule has 3 N–H and O–H groups in total. The Bertz CT molecular complexity index is 1260. The summed E-state index contributed by atoms with van der Waals surface area (Å²) >= 11 is 0. The highest BCUT2D eigenvalue weighted by Crippen LogP contribution is 2.39. The van der Waals surface area contributed by atoms with E-state index < -0.39 is 0 Å². The van der Waals surface area contributed by atoms with E-state index in [1.165, 1.54) is 32.2 Å². The molecule has 0 spiro atoms. The third kappa shape index (κ3) is 5.60. The van der Waals surface area contributed by atoms with Crippen molar-refractivity contribution in [2.45, 2.75) is 44.6 Å². The summed E-state index contributed by atoms with van der Waals surface area (Å²) in [5, 5.41) is 26.4. The van der Waals surface area contributed by atoms with Gasteiger partial charge in [0.05, 0.1) is 6.61 Å². The molecule has 1 saturated heterocycles. The van der Waals surface area contributed by atoms with Gasteiger partial charge in [0.15, 0.2) is 0 Å². The van der Waals surface area contributed by atoms with Crippen molar-refractivity contribution in [1.82, 2.24) is 5.32 Å². The second-order valence-electron chi connectivity index (χ2n) is 9.48. The van der Waals surface area contributed by atoms with Crippen LogP contribution in [0.2, 0.25) is 0 Å². The number of fused-ring (bicyclic) bond motifs is 1. The van der Waals surface area contributed by atoms with Crippen LogP contribution in [0.4, 0.5) is 0 Å². The Hall–Kier alpha value is -3.50. The van der Waals surface area contributed by atoms with Crippen molar-refractivity contribution >= 4 is 10.8 Å². The van der Waals surface area contributed by atoms with Gasteiger partial charge in [-0.3, -0.25) is 0 Å². The predicted octanol–water partition coefficient (Wildman–Crippen LogP) is 6.81. The average molecular weight is 468 g/mol. The van der Waals surface area contributed by atoms with Crippen LogP contribution >= 0.6 is 0 Å². The first-order chi connectivity index (χ1) is 17.2. The molecule has 1 atom stereocenters. The Labute approximate surface area is 207 Å². The maximum absolute atomic E-state index is 11.0. The second kappa shape index (κ2) is 10.8. The lowest BCUT2D eigenvalue weighted by Crippen LogP contribution is -2.21. The Morgan fingerprint density at radius 1 is 0.886 bits per heavy atom. The van der Waals surface area contributed by atoms with Crippen LogP contribution in [0, 0.1) is 0 Å². The van der Waals surface area contributed by atoms with Crippen LogP contribution < -0.4 is 10.1 Å². The number of phenols is 2. The van der Waals surface area contributed by atoms with Crippen LogP contribution in [0.15, 0.2) is 78.9 Å². The maximum atomic E-state index is 11.0. The molecule has 0 saturated carbocycles. The first kappa shape index (κ1) is 23.3. The molecule has 0 radical (unpaired) electrons. The number of rotatable bonds is 9. The smallest absolute Gasteiger partial charge is 0.124 e. The van der Waals surface area contributed by atoms with E-state index in [0.717, 1.165) is 51.8 Å². The highest BCUT2D eigenvalue weighted by molar-refractivity contribution is 5.95. The molecule has 1 unspecified atom stereocenters. The van der Waals surface area contributed by atoms with Gasteiger partial charge in [-0.05, 0) is 103 Å². The number of benzene rings is 4. The summed E-state index contributed by atoms with van der Waals surface area (Å²) in [6.45, 7) is 1.91. The van der Waals surface area contributed by atoms with Crippen molar-refractivity contribution in [2.75, 3.05) is 13.2 Å². The molecule has 4 nitrogen and oxygen atoms in total. The summed E-state index contributed by atoms with van der Waals surface area (Å²) < 4.78 is 5.99. The lowest BCUT2D eigenvalue weighted by Gasteiger charge is -2.16. The van der Waals surface area contributed by atoms with Crippen LogP contribution in [0.25, 0.3) is 21.9 Å². The van der Waals surface area contributed by atoms with Crippen LogP contribution in [-0.2, 0) is 6.42 Å². The molecule has 4 aromatic rings. The highest BCUT2D eigenvalue weighted by atomic mass is 16.5. The molecule has 0 bridgehead atoms. The molecular formula is C31H33NO3. The first-order valence-corrected chi connectivity index (χ1v) is 12.7. The lowest BCUT2D eigenvalue weighted by atomic mass is 9.89. The fraction of sp³-hybridized carbons (Fsp3) is 0.290. The summed E-state index contributed by atoms with van der Waals surface area (Å²) in [5.74, 6) is 1.35. The van der Waals surface area contributed by atoms with E-state index in [2.05, 4.69) is 23.5 Å². The molecule has 180 valence electrons. The largest absolute Gasteiger partial charge is 0.508 e. The number of hydrogen-bond donors (Lipinski definition) is 3. The highest BCUT2D eigenvalue weighted by Gasteiger charge is 2.16. The van der Waals surface area contributed by atoms with Crippen molar-refractivity contribution in [3.63, 3.8) is 0 Å². The SMILES string of the molecule is Oc1ccc(-c2c(O)cc3ccccc3c2Cc2ccc(OCCCCC3CCCN3)cc2)cc1. The fourth-order valence-electron chi connectivity index (χ4n) is 5.13. The predicted molar refractivity (Wildman–Crippen MR) is 142 cm³/mol. The van der Waals surface area contributed by atoms with Gasteiger partial charge in [-0.25, -0.2) is 0 Å². The van der Waals surface area contributed by atoms with Gasteiger partial charge in [-0.15, -0.1) is 0 Å². The van der Waals surface area contributed by atoms with Gasteiger partial charge in [0.2, 0.25) is 0 Å². The molecule has 1 aliphatic heterocycles. The number of aromatic hydroxyl groups is 2. The average Bonchev–Trinajstić information content (AvgIpc) is 3.39. The zero-order valence-corrected chi connectivity index (χ0v) is 20.0. The Kier molecular flexibility index (Phi) is 7.20. The number of phenolic OH excluding ortho intramolecular Hbond substituents is 2. The van der Waals surface area contributed by atoms with Crippen molar-refractivity contribution < 1.29 is 14.9 Å². The first-order valence-electron chi connectivity index (χ1n) is 12.7. The van der Waals surface area contributed by atoms with Gasteiger partial charge in [0.25, 0.3) is 0 Å². The van der Waals surface area contributed by atoms with E-state index in [1.807, 2.05) is 48.5 Å². The standard InChI is InChI=1S/C31H33NO3/c33-26-14-12-23(13-15-26)31-29(28-9-2-1-6-24(28)21-30(31)34)20-22-10-16-27(17-11-22)35-19-4-3-7-25-8-5-18-32-25/h1-2,6,9-17,21,25,32-34H,3-5,7-8,18-20H2.